The SMILES string of the molecule is COc1cc2c(cc1OCCCO)C(C=O)NC=N2. The Bertz CT molecular complexity index is 488. The van der Waals surface area contributed by atoms with Gasteiger partial charge in [0.15, 0.2) is 11.5 Å². The lowest BCUT2D eigenvalue weighted by molar-refractivity contribution is -0.109. The molecule has 2 rings (SSSR count). The Morgan fingerprint density at radius 2 is 2.32 bits per heavy atom. The molecule has 0 amide bonds. The Labute approximate surface area is 111 Å². The lowest BCUT2D eigenvalue weighted by Gasteiger charge is -2.20. The van der Waals surface area contributed by atoms with Crippen LogP contribution >= 0.6 is 0 Å². The number of carbonyl (C=O) groups excluding carboxylic acids is 1. The van der Waals surface area contributed by atoms with Gasteiger partial charge in [-0.1, -0.05) is 0 Å². The molecule has 0 saturated carbocycles. The number of carbonyl (C=O) groups is 1. The molecular formula is C13H16N2O4. The van der Waals surface area contributed by atoms with Crippen molar-refractivity contribution in [2.24, 2.45) is 4.99 Å². The summed E-state index contributed by atoms with van der Waals surface area (Å²) in [6.45, 7) is 0.449. The van der Waals surface area contributed by atoms with Crippen molar-refractivity contribution in [3.63, 3.8) is 0 Å². The fourth-order valence-corrected chi connectivity index (χ4v) is 1.83. The van der Waals surface area contributed by atoms with Crippen molar-refractivity contribution in [1.29, 1.82) is 0 Å². The van der Waals surface area contributed by atoms with Crippen molar-refractivity contribution in [2.75, 3.05) is 20.3 Å². The minimum atomic E-state index is -0.432. The highest BCUT2D eigenvalue weighted by atomic mass is 16.5. The fraction of sp³-hybridized carbons (Fsp3) is 0.385. The Morgan fingerprint density at radius 3 is 3.00 bits per heavy atom. The van der Waals surface area contributed by atoms with Gasteiger partial charge in [0.05, 0.1) is 25.7 Å². The van der Waals surface area contributed by atoms with E-state index in [-0.39, 0.29) is 6.61 Å². The van der Waals surface area contributed by atoms with E-state index < -0.39 is 6.04 Å². The van der Waals surface area contributed by atoms with Gasteiger partial charge in [0, 0.05) is 24.7 Å². The highest BCUT2D eigenvalue weighted by Crippen LogP contribution is 2.38. The van der Waals surface area contributed by atoms with Crippen LogP contribution in [0.5, 0.6) is 11.5 Å². The van der Waals surface area contributed by atoms with Gasteiger partial charge in [-0.25, -0.2) is 4.99 Å². The van der Waals surface area contributed by atoms with Crippen molar-refractivity contribution < 1.29 is 19.4 Å². The Hall–Kier alpha value is -2.08. The Kier molecular flexibility index (Phi) is 4.35. The van der Waals surface area contributed by atoms with E-state index in [4.69, 9.17) is 14.6 Å². The first-order chi connectivity index (χ1) is 9.30. The molecule has 1 aromatic carbocycles. The normalized spacial score (nSPS) is 16.4. The molecule has 1 aromatic rings. The maximum atomic E-state index is 11.0. The molecule has 1 aliphatic heterocycles. The summed E-state index contributed by atoms with van der Waals surface area (Å²) in [6, 6.07) is 3.05. The van der Waals surface area contributed by atoms with Crippen LogP contribution in [0.3, 0.4) is 0 Å². The van der Waals surface area contributed by atoms with Gasteiger partial charge in [-0.2, -0.15) is 0 Å². The van der Waals surface area contributed by atoms with Crippen LogP contribution in [0.2, 0.25) is 0 Å². The zero-order chi connectivity index (χ0) is 13.7. The largest absolute Gasteiger partial charge is 0.493 e. The Balaban J connectivity index is 2.32. The number of aliphatic hydroxyl groups excluding tert-OH is 1. The number of nitrogens with one attached hydrogen (secondary N) is 1. The van der Waals surface area contributed by atoms with Gasteiger partial charge >= 0.3 is 0 Å². The van der Waals surface area contributed by atoms with E-state index in [1.54, 1.807) is 19.2 Å². The third-order valence-corrected chi connectivity index (χ3v) is 2.80. The number of nitrogens with zero attached hydrogens (tertiary/aromatic N) is 1. The van der Waals surface area contributed by atoms with Gasteiger partial charge in [-0.05, 0) is 6.07 Å². The summed E-state index contributed by atoms with van der Waals surface area (Å²) in [6.07, 6.45) is 2.84. The topological polar surface area (TPSA) is 80.1 Å². The molecule has 6 heteroatoms. The average Bonchev–Trinajstić information content (AvgIpc) is 2.46. The lowest BCUT2D eigenvalue weighted by atomic mass is 10.0. The van der Waals surface area contributed by atoms with Crippen molar-refractivity contribution >= 4 is 18.3 Å². The highest BCUT2D eigenvalue weighted by molar-refractivity contribution is 5.79. The summed E-state index contributed by atoms with van der Waals surface area (Å²) in [5.41, 5.74) is 1.43. The molecule has 0 bridgehead atoms. The number of methoxy groups -OCH3 is 1. The standard InChI is InChI=1S/C13H16N2O4/c1-18-12-6-10-9(11(7-17)15-8-14-10)5-13(12)19-4-2-3-16/h5-8,11,16H,2-4H2,1H3,(H,14,15). The summed E-state index contributed by atoms with van der Waals surface area (Å²) in [4.78, 5) is 15.2. The van der Waals surface area contributed by atoms with Crippen LogP contribution in [-0.2, 0) is 4.79 Å². The monoisotopic (exact) mass is 264 g/mol. The predicted octanol–water partition coefficient (Wildman–Crippen LogP) is 0.959. The van der Waals surface area contributed by atoms with Gasteiger partial charge in [0.2, 0.25) is 0 Å². The van der Waals surface area contributed by atoms with Crippen LogP contribution in [0.1, 0.15) is 18.0 Å². The van der Waals surface area contributed by atoms with Crippen LogP contribution in [0, 0.1) is 0 Å². The minimum absolute atomic E-state index is 0.0655. The Morgan fingerprint density at radius 1 is 1.47 bits per heavy atom. The molecule has 19 heavy (non-hydrogen) atoms. The average molecular weight is 264 g/mol. The summed E-state index contributed by atoms with van der Waals surface area (Å²) >= 11 is 0. The van der Waals surface area contributed by atoms with E-state index in [2.05, 4.69) is 10.3 Å². The molecule has 0 aliphatic carbocycles. The van der Waals surface area contributed by atoms with E-state index in [0.29, 0.717) is 30.2 Å². The van der Waals surface area contributed by atoms with E-state index in [1.165, 1.54) is 6.34 Å². The van der Waals surface area contributed by atoms with Crippen LogP contribution < -0.4 is 14.8 Å². The van der Waals surface area contributed by atoms with Crippen molar-refractivity contribution in [3.8, 4) is 11.5 Å². The molecular weight excluding hydrogens is 248 g/mol. The molecule has 102 valence electrons. The molecule has 0 fully saturated rings. The van der Waals surface area contributed by atoms with Crippen molar-refractivity contribution in [3.05, 3.63) is 17.7 Å². The van der Waals surface area contributed by atoms with Gasteiger partial charge in [-0.3, -0.25) is 0 Å². The summed E-state index contributed by atoms with van der Waals surface area (Å²) in [7, 11) is 1.54. The maximum Gasteiger partial charge on any atom is 0.162 e. The molecule has 1 aliphatic rings. The number of aliphatic hydroxyl groups is 1. The smallest absolute Gasteiger partial charge is 0.162 e. The zero-order valence-electron chi connectivity index (χ0n) is 10.6. The van der Waals surface area contributed by atoms with E-state index in [9.17, 15) is 4.79 Å². The molecule has 2 N–H and O–H groups in total. The predicted molar refractivity (Wildman–Crippen MR) is 70.3 cm³/mol. The van der Waals surface area contributed by atoms with E-state index >= 15 is 0 Å². The number of aldehydes is 1. The number of fused-ring (bicyclic) bond motifs is 1. The number of rotatable bonds is 6. The van der Waals surface area contributed by atoms with Gasteiger partial charge in [-0.15, -0.1) is 0 Å². The van der Waals surface area contributed by atoms with Crippen LogP contribution in [0.25, 0.3) is 0 Å². The third kappa shape index (κ3) is 2.85. The van der Waals surface area contributed by atoms with Gasteiger partial charge < -0.3 is 24.7 Å². The number of hydrogen-bond donors (Lipinski definition) is 2. The number of ether oxygens (including phenoxy) is 2. The minimum Gasteiger partial charge on any atom is -0.493 e. The highest BCUT2D eigenvalue weighted by Gasteiger charge is 2.20. The first kappa shape index (κ1) is 13.4. The summed E-state index contributed by atoms with van der Waals surface area (Å²) < 4.78 is 10.8. The van der Waals surface area contributed by atoms with Crippen LogP contribution in [-0.4, -0.2) is 38.1 Å². The molecule has 1 unspecified atom stereocenters. The molecule has 0 radical (unpaired) electrons. The second-order valence-electron chi connectivity index (χ2n) is 4.03. The van der Waals surface area contributed by atoms with E-state index in [1.807, 2.05) is 0 Å². The fourth-order valence-electron chi connectivity index (χ4n) is 1.83. The molecule has 1 heterocycles. The van der Waals surface area contributed by atoms with Gasteiger partial charge in [0.1, 0.15) is 12.3 Å². The molecule has 0 saturated heterocycles. The van der Waals surface area contributed by atoms with Crippen LogP contribution in [0.15, 0.2) is 17.1 Å². The molecule has 0 aromatic heterocycles. The summed E-state index contributed by atoms with van der Waals surface area (Å²) in [5.74, 6) is 1.10. The summed E-state index contributed by atoms with van der Waals surface area (Å²) in [5, 5.41) is 11.6. The first-order valence-electron chi connectivity index (χ1n) is 5.99. The quantitative estimate of drug-likeness (QED) is 0.591. The van der Waals surface area contributed by atoms with Crippen LogP contribution in [0.4, 0.5) is 5.69 Å². The lowest BCUT2D eigenvalue weighted by Crippen LogP contribution is -2.23. The molecule has 0 spiro atoms. The van der Waals surface area contributed by atoms with Crippen molar-refractivity contribution in [1.82, 2.24) is 5.32 Å². The third-order valence-electron chi connectivity index (χ3n) is 2.80. The number of aliphatic imine (C=N–C) groups is 1. The second-order valence-corrected chi connectivity index (χ2v) is 4.03. The van der Waals surface area contributed by atoms with Gasteiger partial charge in [0.25, 0.3) is 0 Å². The zero-order valence-corrected chi connectivity index (χ0v) is 10.6. The van der Waals surface area contributed by atoms with Crippen molar-refractivity contribution in [2.45, 2.75) is 12.5 Å². The molecule has 6 nitrogen and oxygen atoms in total. The number of benzene rings is 1. The van der Waals surface area contributed by atoms with E-state index in [0.717, 1.165) is 11.8 Å². The second kappa shape index (κ2) is 6.19. The maximum absolute atomic E-state index is 11.0. The molecule has 1 atom stereocenters. The number of hydrogen-bond acceptors (Lipinski definition) is 6. The first-order valence-corrected chi connectivity index (χ1v) is 5.99.